The van der Waals surface area contributed by atoms with E-state index in [1.807, 2.05) is 6.07 Å². The van der Waals surface area contributed by atoms with Gasteiger partial charge in [0.2, 0.25) is 0 Å². The standard InChI is InChI=1S/C14H10BF3NO.K/c16-15(17,18)13-5-7-14(8-6-13)20-10-12-4-2-1-3-11(12)9-19;/h1-8H,10H2;/q-1;+1. The number of benzene rings is 2. The van der Waals surface area contributed by atoms with Crippen LogP contribution in [-0.2, 0) is 6.61 Å². The van der Waals surface area contributed by atoms with Gasteiger partial charge in [-0.25, -0.2) is 0 Å². The molecule has 0 N–H and O–H groups in total. The summed E-state index contributed by atoms with van der Waals surface area (Å²) in [5, 5.41) is 8.91. The van der Waals surface area contributed by atoms with E-state index in [-0.39, 0.29) is 58.0 Å². The van der Waals surface area contributed by atoms with Crippen molar-refractivity contribution in [2.45, 2.75) is 6.61 Å². The Morgan fingerprint density at radius 1 is 1.00 bits per heavy atom. The van der Waals surface area contributed by atoms with Crippen molar-refractivity contribution in [3.8, 4) is 11.8 Å². The summed E-state index contributed by atoms with van der Waals surface area (Å²) in [5.41, 5.74) is 0.525. The van der Waals surface area contributed by atoms with Gasteiger partial charge in [-0.15, -0.1) is 5.46 Å². The van der Waals surface area contributed by atoms with Gasteiger partial charge in [0.1, 0.15) is 12.4 Å². The van der Waals surface area contributed by atoms with Gasteiger partial charge in [-0.3, -0.25) is 0 Å². The van der Waals surface area contributed by atoms with Crippen LogP contribution < -0.4 is 61.6 Å². The molecule has 0 heterocycles. The molecule has 0 atom stereocenters. The molecule has 0 aliphatic rings. The summed E-state index contributed by atoms with van der Waals surface area (Å²) in [6.45, 7) is -4.85. The van der Waals surface area contributed by atoms with E-state index in [9.17, 15) is 12.9 Å². The summed E-state index contributed by atoms with van der Waals surface area (Å²) in [5.74, 6) is 0.335. The summed E-state index contributed by atoms with van der Waals surface area (Å²) in [4.78, 5) is 0. The molecular formula is C14H10BF3KNO. The third-order valence-corrected chi connectivity index (χ3v) is 2.79. The van der Waals surface area contributed by atoms with Crippen molar-refractivity contribution in [3.63, 3.8) is 0 Å². The minimum absolute atomic E-state index is 0. The summed E-state index contributed by atoms with van der Waals surface area (Å²) in [7, 11) is 0. The van der Waals surface area contributed by atoms with Gasteiger partial charge in [0.25, 0.3) is 0 Å². The van der Waals surface area contributed by atoms with Gasteiger partial charge >= 0.3 is 58.4 Å². The van der Waals surface area contributed by atoms with Crippen LogP contribution in [0.4, 0.5) is 12.9 Å². The van der Waals surface area contributed by atoms with E-state index in [2.05, 4.69) is 0 Å². The number of ether oxygens (including phenoxy) is 1. The molecule has 0 fully saturated rings. The van der Waals surface area contributed by atoms with E-state index in [1.54, 1.807) is 24.3 Å². The van der Waals surface area contributed by atoms with Crippen LogP contribution in [0.3, 0.4) is 0 Å². The van der Waals surface area contributed by atoms with Crippen molar-refractivity contribution in [1.82, 2.24) is 0 Å². The molecular weight excluding hydrogens is 305 g/mol. The van der Waals surface area contributed by atoms with Gasteiger partial charge in [0.15, 0.2) is 0 Å². The van der Waals surface area contributed by atoms with E-state index in [1.165, 1.54) is 12.1 Å². The first-order valence-corrected chi connectivity index (χ1v) is 5.91. The van der Waals surface area contributed by atoms with Crippen LogP contribution >= 0.6 is 0 Å². The quantitative estimate of drug-likeness (QED) is 0.755. The molecule has 0 saturated heterocycles. The van der Waals surface area contributed by atoms with Gasteiger partial charge < -0.3 is 17.7 Å². The number of nitrogens with zero attached hydrogens (tertiary/aromatic N) is 1. The third kappa shape index (κ3) is 5.17. The van der Waals surface area contributed by atoms with Crippen molar-refractivity contribution in [1.29, 1.82) is 5.26 Å². The molecule has 0 saturated carbocycles. The Bertz CT molecular complexity index is 638. The molecule has 7 heteroatoms. The number of hydrogen-bond acceptors (Lipinski definition) is 2. The van der Waals surface area contributed by atoms with Gasteiger partial charge in [-0.05, 0) is 18.2 Å². The normalized spacial score (nSPS) is 10.4. The first-order valence-electron chi connectivity index (χ1n) is 5.91. The maximum atomic E-state index is 12.5. The zero-order chi connectivity index (χ0) is 14.6. The van der Waals surface area contributed by atoms with Gasteiger partial charge in [0.05, 0.1) is 11.6 Å². The minimum Gasteiger partial charge on any atom is -0.489 e. The largest absolute Gasteiger partial charge is 1.00 e. The average molecular weight is 315 g/mol. The molecule has 2 rings (SSSR count). The molecule has 0 aromatic heterocycles. The molecule has 0 unspecified atom stereocenters. The first-order chi connectivity index (χ1) is 9.50. The second-order valence-electron chi connectivity index (χ2n) is 4.20. The zero-order valence-electron chi connectivity index (χ0n) is 11.4. The van der Waals surface area contributed by atoms with E-state index >= 15 is 0 Å². The van der Waals surface area contributed by atoms with Crippen molar-refractivity contribution in [2.24, 2.45) is 0 Å². The minimum atomic E-state index is -4.99. The third-order valence-electron chi connectivity index (χ3n) is 2.79. The Kier molecular flexibility index (Phi) is 6.97. The fraction of sp³-hybridized carbons (Fsp3) is 0.0714. The second kappa shape index (κ2) is 8.01. The first kappa shape index (κ1) is 18.3. The Balaban J connectivity index is 0.00000220. The Hall–Kier alpha value is -0.779. The molecule has 0 aliphatic carbocycles. The molecule has 102 valence electrons. The molecule has 0 radical (unpaired) electrons. The van der Waals surface area contributed by atoms with Gasteiger partial charge in [0, 0.05) is 5.56 Å². The number of halogens is 3. The topological polar surface area (TPSA) is 33.0 Å². The zero-order valence-corrected chi connectivity index (χ0v) is 14.5. The molecule has 2 nitrogen and oxygen atoms in total. The average Bonchev–Trinajstić information content (AvgIpc) is 2.45. The maximum Gasteiger partial charge on any atom is 1.00 e. The van der Waals surface area contributed by atoms with Crippen LogP contribution in [0.25, 0.3) is 0 Å². The second-order valence-corrected chi connectivity index (χ2v) is 4.20. The predicted molar refractivity (Wildman–Crippen MR) is 70.6 cm³/mol. The molecule has 0 bridgehead atoms. The van der Waals surface area contributed by atoms with Crippen LogP contribution in [-0.4, -0.2) is 6.98 Å². The summed E-state index contributed by atoms with van der Waals surface area (Å²) in [6.07, 6.45) is 0. The maximum absolute atomic E-state index is 12.5. The van der Waals surface area contributed by atoms with Crippen molar-refractivity contribution in [3.05, 3.63) is 59.7 Å². The Morgan fingerprint density at radius 3 is 2.19 bits per heavy atom. The fourth-order valence-electron chi connectivity index (χ4n) is 1.70. The van der Waals surface area contributed by atoms with Gasteiger partial charge in [-0.2, -0.15) is 5.26 Å². The number of rotatable bonds is 4. The van der Waals surface area contributed by atoms with E-state index < -0.39 is 12.4 Å². The SMILES string of the molecule is N#Cc1ccccc1COc1ccc([B-](F)(F)F)cc1.[K+]. The number of nitriles is 1. The molecule has 0 aliphatic heterocycles. The van der Waals surface area contributed by atoms with Crippen molar-refractivity contribution >= 4 is 12.4 Å². The van der Waals surface area contributed by atoms with E-state index in [4.69, 9.17) is 10.00 Å². The van der Waals surface area contributed by atoms with Crippen LogP contribution in [0.1, 0.15) is 11.1 Å². The van der Waals surface area contributed by atoms with Crippen LogP contribution in [0, 0.1) is 11.3 Å². The monoisotopic (exact) mass is 315 g/mol. The van der Waals surface area contributed by atoms with Gasteiger partial charge in [-0.1, -0.05) is 30.3 Å². The predicted octanol–water partition coefficient (Wildman–Crippen LogP) is 0.196. The van der Waals surface area contributed by atoms with E-state index in [0.717, 1.165) is 12.1 Å². The smallest absolute Gasteiger partial charge is 0.489 e. The van der Waals surface area contributed by atoms with Crippen LogP contribution in [0.5, 0.6) is 5.75 Å². The van der Waals surface area contributed by atoms with Crippen LogP contribution in [0.2, 0.25) is 0 Å². The molecule has 21 heavy (non-hydrogen) atoms. The Labute approximate surface area is 163 Å². The van der Waals surface area contributed by atoms with Crippen molar-refractivity contribution in [2.75, 3.05) is 0 Å². The molecule has 0 spiro atoms. The Morgan fingerprint density at radius 2 is 1.62 bits per heavy atom. The molecule has 2 aromatic rings. The van der Waals surface area contributed by atoms with Crippen molar-refractivity contribution < 1.29 is 69.1 Å². The van der Waals surface area contributed by atoms with Crippen LogP contribution in [0.15, 0.2) is 48.5 Å². The molecule has 2 aromatic carbocycles. The summed E-state index contributed by atoms with van der Waals surface area (Å²) in [6, 6.07) is 13.5. The number of hydrogen-bond donors (Lipinski definition) is 0. The van der Waals surface area contributed by atoms with E-state index in [0.29, 0.717) is 16.9 Å². The summed E-state index contributed by atoms with van der Waals surface area (Å²) >= 11 is 0. The molecule has 0 amide bonds. The fourth-order valence-corrected chi connectivity index (χ4v) is 1.70. The summed E-state index contributed by atoms with van der Waals surface area (Å²) < 4.78 is 42.8.